The van der Waals surface area contributed by atoms with Crippen LogP contribution < -0.4 is 9.47 Å². The number of nitrogens with one attached hydrogen (secondary N) is 1. The van der Waals surface area contributed by atoms with Gasteiger partial charge in [-0.15, -0.1) is 0 Å². The highest BCUT2D eigenvalue weighted by Crippen LogP contribution is 2.32. The van der Waals surface area contributed by atoms with E-state index in [1.807, 2.05) is 30.2 Å². The quantitative estimate of drug-likeness (QED) is 0.947. The van der Waals surface area contributed by atoms with Gasteiger partial charge in [-0.3, -0.25) is 4.79 Å². The first kappa shape index (κ1) is 15.5. The van der Waals surface area contributed by atoms with E-state index in [1.165, 1.54) is 11.1 Å². The number of aryl methyl sites for hydroxylation is 1. The first-order valence-electron chi connectivity index (χ1n) is 7.80. The van der Waals surface area contributed by atoms with E-state index in [0.29, 0.717) is 13.1 Å². The molecule has 0 atom stereocenters. The topological polar surface area (TPSA) is 54.6 Å². The van der Waals surface area contributed by atoms with Crippen LogP contribution in [0.2, 0.25) is 0 Å². The normalized spacial score (nSPS) is 14.1. The summed E-state index contributed by atoms with van der Waals surface area (Å²) < 4.78 is 10.8. The second kappa shape index (κ2) is 6.36. The van der Waals surface area contributed by atoms with Gasteiger partial charge in [0, 0.05) is 25.5 Å². The van der Waals surface area contributed by atoms with Gasteiger partial charge in [0.2, 0.25) is 0 Å². The zero-order valence-corrected chi connectivity index (χ0v) is 13.8. The molecule has 1 aliphatic rings. The van der Waals surface area contributed by atoms with Crippen molar-refractivity contribution in [2.24, 2.45) is 0 Å². The fraction of sp³-hybridized carbons (Fsp3) is 0.389. The number of benzene rings is 1. The largest absolute Gasteiger partial charge is 0.493 e. The summed E-state index contributed by atoms with van der Waals surface area (Å²) in [5.41, 5.74) is 4.19. The predicted molar refractivity (Wildman–Crippen MR) is 88.4 cm³/mol. The van der Waals surface area contributed by atoms with Crippen molar-refractivity contribution in [3.63, 3.8) is 0 Å². The molecule has 23 heavy (non-hydrogen) atoms. The lowest BCUT2D eigenvalue weighted by Gasteiger charge is -2.20. The Bertz CT molecular complexity index is 686. The van der Waals surface area contributed by atoms with Crippen molar-refractivity contribution in [3.05, 3.63) is 46.8 Å². The van der Waals surface area contributed by atoms with E-state index in [4.69, 9.17) is 9.47 Å². The summed E-state index contributed by atoms with van der Waals surface area (Å²) in [6, 6.07) is 4.06. The molecule has 1 aromatic carbocycles. The van der Waals surface area contributed by atoms with E-state index in [-0.39, 0.29) is 5.91 Å². The Morgan fingerprint density at radius 3 is 2.04 bits per heavy atom. The Balaban J connectivity index is 1.82. The lowest BCUT2D eigenvalue weighted by atomic mass is 10.0. The Kier molecular flexibility index (Phi) is 4.28. The molecule has 0 fully saturated rings. The van der Waals surface area contributed by atoms with Gasteiger partial charge in [-0.2, -0.15) is 0 Å². The minimum absolute atomic E-state index is 0.0930. The molecular formula is C18H22N2O3. The van der Waals surface area contributed by atoms with Crippen LogP contribution in [0.15, 0.2) is 24.5 Å². The van der Waals surface area contributed by atoms with E-state index in [2.05, 4.69) is 4.98 Å². The Morgan fingerprint density at radius 2 is 1.61 bits per heavy atom. The average molecular weight is 314 g/mol. The minimum Gasteiger partial charge on any atom is -0.493 e. The van der Waals surface area contributed by atoms with Crippen LogP contribution in [-0.4, -0.2) is 43.1 Å². The number of carbonyl (C=O) groups excluding carboxylic acids is 1. The monoisotopic (exact) mass is 314 g/mol. The third-order valence-corrected chi connectivity index (χ3v) is 4.48. The van der Waals surface area contributed by atoms with Gasteiger partial charge in [0.05, 0.1) is 19.8 Å². The van der Waals surface area contributed by atoms with Crippen LogP contribution in [0.3, 0.4) is 0 Å². The van der Waals surface area contributed by atoms with Crippen molar-refractivity contribution in [2.75, 3.05) is 27.3 Å². The summed E-state index contributed by atoms with van der Waals surface area (Å²) in [6.45, 7) is 3.38. The molecule has 1 aromatic heterocycles. The maximum absolute atomic E-state index is 12.7. The van der Waals surface area contributed by atoms with Gasteiger partial charge in [0.15, 0.2) is 11.5 Å². The lowest BCUT2D eigenvalue weighted by molar-refractivity contribution is 0.0762. The van der Waals surface area contributed by atoms with Crippen LogP contribution in [0, 0.1) is 6.92 Å². The molecule has 0 radical (unpaired) electrons. The smallest absolute Gasteiger partial charge is 0.255 e. The van der Waals surface area contributed by atoms with Crippen molar-refractivity contribution in [1.29, 1.82) is 0 Å². The van der Waals surface area contributed by atoms with Gasteiger partial charge < -0.3 is 19.4 Å². The number of fused-ring (bicyclic) bond motifs is 1. The Labute approximate surface area is 136 Å². The molecule has 5 nitrogen and oxygen atoms in total. The minimum atomic E-state index is 0.0930. The SMILES string of the molecule is COc1cc2c(cc1OC)CCN(C(=O)c1c[nH]cc1C)CC2. The molecule has 2 aromatic rings. The highest BCUT2D eigenvalue weighted by Gasteiger charge is 2.22. The number of carbonyl (C=O) groups is 1. The molecule has 0 bridgehead atoms. The zero-order chi connectivity index (χ0) is 16.4. The van der Waals surface area contributed by atoms with Gasteiger partial charge in [-0.1, -0.05) is 0 Å². The van der Waals surface area contributed by atoms with Crippen molar-refractivity contribution >= 4 is 5.91 Å². The number of nitrogens with zero attached hydrogens (tertiary/aromatic N) is 1. The van der Waals surface area contributed by atoms with Crippen LogP contribution in [0.25, 0.3) is 0 Å². The van der Waals surface area contributed by atoms with Crippen molar-refractivity contribution < 1.29 is 14.3 Å². The molecule has 5 heteroatoms. The summed E-state index contributed by atoms with van der Waals surface area (Å²) in [7, 11) is 3.29. The average Bonchev–Trinajstić information content (AvgIpc) is 2.89. The molecule has 1 N–H and O–H groups in total. The zero-order valence-electron chi connectivity index (χ0n) is 13.8. The molecule has 0 saturated heterocycles. The van der Waals surface area contributed by atoms with Crippen LogP contribution in [0.1, 0.15) is 27.0 Å². The summed E-state index contributed by atoms with van der Waals surface area (Å²) in [5.74, 6) is 1.58. The Morgan fingerprint density at radius 1 is 1.04 bits per heavy atom. The van der Waals surface area contributed by atoms with Gasteiger partial charge in [-0.05, 0) is 48.6 Å². The first-order valence-corrected chi connectivity index (χ1v) is 7.80. The molecule has 3 rings (SSSR count). The molecule has 2 heterocycles. The van der Waals surface area contributed by atoms with E-state index in [9.17, 15) is 4.79 Å². The number of aromatic nitrogens is 1. The molecule has 1 amide bonds. The number of hydrogen-bond acceptors (Lipinski definition) is 3. The molecular weight excluding hydrogens is 292 g/mol. The van der Waals surface area contributed by atoms with Crippen LogP contribution in [-0.2, 0) is 12.8 Å². The molecule has 1 aliphatic heterocycles. The fourth-order valence-corrected chi connectivity index (χ4v) is 3.10. The molecule has 0 saturated carbocycles. The predicted octanol–water partition coefficient (Wildman–Crippen LogP) is 2.58. The van der Waals surface area contributed by atoms with E-state index < -0.39 is 0 Å². The standard InChI is InChI=1S/C18H22N2O3/c1-12-10-19-11-15(12)18(21)20-6-4-13-8-16(22-2)17(23-3)9-14(13)5-7-20/h8-11,19H,4-7H2,1-3H3. The number of H-pyrrole nitrogens is 1. The summed E-state index contributed by atoms with van der Waals surface area (Å²) in [4.78, 5) is 17.6. The summed E-state index contributed by atoms with van der Waals surface area (Å²) >= 11 is 0. The van der Waals surface area contributed by atoms with E-state index in [0.717, 1.165) is 35.5 Å². The van der Waals surface area contributed by atoms with E-state index in [1.54, 1.807) is 20.4 Å². The number of hydrogen-bond donors (Lipinski definition) is 1. The summed E-state index contributed by atoms with van der Waals surface area (Å²) in [5, 5.41) is 0. The number of rotatable bonds is 3. The fourth-order valence-electron chi connectivity index (χ4n) is 3.10. The van der Waals surface area contributed by atoms with Crippen molar-refractivity contribution in [3.8, 4) is 11.5 Å². The molecule has 122 valence electrons. The van der Waals surface area contributed by atoms with Crippen LogP contribution in [0.5, 0.6) is 11.5 Å². The van der Waals surface area contributed by atoms with Crippen molar-refractivity contribution in [2.45, 2.75) is 19.8 Å². The van der Waals surface area contributed by atoms with Gasteiger partial charge in [0.1, 0.15) is 0 Å². The lowest BCUT2D eigenvalue weighted by Crippen LogP contribution is -2.33. The maximum atomic E-state index is 12.7. The second-order valence-corrected chi connectivity index (χ2v) is 5.82. The van der Waals surface area contributed by atoms with Crippen LogP contribution >= 0.6 is 0 Å². The molecule has 0 unspecified atom stereocenters. The molecule has 0 aliphatic carbocycles. The van der Waals surface area contributed by atoms with E-state index >= 15 is 0 Å². The number of aromatic amines is 1. The molecule has 0 spiro atoms. The number of methoxy groups -OCH3 is 2. The van der Waals surface area contributed by atoms with Crippen LogP contribution in [0.4, 0.5) is 0 Å². The van der Waals surface area contributed by atoms with Gasteiger partial charge in [-0.25, -0.2) is 0 Å². The Hall–Kier alpha value is -2.43. The van der Waals surface area contributed by atoms with Gasteiger partial charge >= 0.3 is 0 Å². The van der Waals surface area contributed by atoms with Gasteiger partial charge in [0.25, 0.3) is 5.91 Å². The highest BCUT2D eigenvalue weighted by molar-refractivity contribution is 5.95. The first-order chi connectivity index (χ1) is 11.1. The third-order valence-electron chi connectivity index (χ3n) is 4.48. The second-order valence-electron chi connectivity index (χ2n) is 5.82. The number of amides is 1. The summed E-state index contributed by atoms with van der Waals surface area (Å²) in [6.07, 6.45) is 5.28. The highest BCUT2D eigenvalue weighted by atomic mass is 16.5. The third kappa shape index (κ3) is 2.91. The maximum Gasteiger partial charge on any atom is 0.255 e. The van der Waals surface area contributed by atoms with Crippen molar-refractivity contribution in [1.82, 2.24) is 9.88 Å². The number of ether oxygens (including phenoxy) is 2.